The summed E-state index contributed by atoms with van der Waals surface area (Å²) in [4.78, 5) is 22.9. The summed E-state index contributed by atoms with van der Waals surface area (Å²) in [6.07, 6.45) is 0. The average molecular weight is 285 g/mol. The number of methoxy groups -OCH3 is 1. The Kier molecular flexibility index (Phi) is 5.04. The van der Waals surface area contributed by atoms with Crippen molar-refractivity contribution in [3.8, 4) is 5.75 Å². The van der Waals surface area contributed by atoms with Gasteiger partial charge in [-0.1, -0.05) is 0 Å². The molecule has 1 rings (SSSR count). The highest BCUT2D eigenvalue weighted by Crippen LogP contribution is 2.31. The summed E-state index contributed by atoms with van der Waals surface area (Å²) in [6, 6.07) is 3.66. The summed E-state index contributed by atoms with van der Waals surface area (Å²) in [7, 11) is 1.37. The molecule has 2 N–H and O–H groups in total. The number of nitrogens with two attached hydrogens (primary N) is 1. The zero-order valence-corrected chi connectivity index (χ0v) is 11.4. The Balaban J connectivity index is 3.42. The van der Waals surface area contributed by atoms with Crippen LogP contribution in [0.1, 0.15) is 19.4 Å². The van der Waals surface area contributed by atoms with E-state index < -0.39 is 23.5 Å². The summed E-state index contributed by atoms with van der Waals surface area (Å²) in [5.74, 6) is -4.84. The Hall–Kier alpha value is -2.15. The van der Waals surface area contributed by atoms with Gasteiger partial charge < -0.3 is 19.9 Å². The minimum atomic E-state index is -2.29. The molecule has 0 heterocycles. The van der Waals surface area contributed by atoms with E-state index in [-0.39, 0.29) is 17.9 Å². The fourth-order valence-corrected chi connectivity index (χ4v) is 1.71. The Labute approximate surface area is 115 Å². The number of amides is 1. The summed E-state index contributed by atoms with van der Waals surface area (Å²) in [5, 5.41) is 0. The number of hydrogen-bond donors (Lipinski definition) is 1. The molecule has 0 fully saturated rings. The molecular weight excluding hydrogens is 269 g/mol. The number of primary amides is 1. The van der Waals surface area contributed by atoms with Crippen LogP contribution in [-0.2, 0) is 24.8 Å². The van der Waals surface area contributed by atoms with Gasteiger partial charge in [0.2, 0.25) is 0 Å². The highest BCUT2D eigenvalue weighted by molar-refractivity contribution is 5.86. The van der Waals surface area contributed by atoms with Crippen LogP contribution in [0.5, 0.6) is 5.75 Å². The molecule has 1 atom stereocenters. The van der Waals surface area contributed by atoms with Gasteiger partial charge in [-0.05, 0) is 19.1 Å². The molecule has 1 amide bonds. The fourth-order valence-electron chi connectivity index (χ4n) is 1.71. The fraction of sp³-hybridized carbons (Fsp3) is 0.385. The van der Waals surface area contributed by atoms with Crippen molar-refractivity contribution in [2.24, 2.45) is 5.73 Å². The molecule has 1 aromatic rings. The lowest BCUT2D eigenvalue weighted by Crippen LogP contribution is -2.47. The van der Waals surface area contributed by atoms with E-state index in [1.807, 2.05) is 0 Å². The number of benzene rings is 1. The monoisotopic (exact) mass is 285 g/mol. The number of hydrogen-bond acceptors (Lipinski definition) is 5. The number of halogens is 1. The van der Waals surface area contributed by atoms with Crippen molar-refractivity contribution in [3.63, 3.8) is 0 Å². The second-order valence-corrected chi connectivity index (χ2v) is 3.85. The Morgan fingerprint density at radius 3 is 2.45 bits per heavy atom. The van der Waals surface area contributed by atoms with Crippen molar-refractivity contribution in [2.75, 3.05) is 13.7 Å². The third-order valence-corrected chi connectivity index (χ3v) is 2.49. The maximum Gasteiger partial charge on any atom is 0.323 e. The number of carbonyl (C=O) groups is 2. The Morgan fingerprint density at radius 2 is 2.05 bits per heavy atom. The largest absolute Gasteiger partial charge is 0.497 e. The van der Waals surface area contributed by atoms with Crippen molar-refractivity contribution in [3.05, 3.63) is 29.6 Å². The van der Waals surface area contributed by atoms with E-state index in [9.17, 15) is 14.0 Å². The molecule has 0 radical (unpaired) electrons. The molecule has 0 saturated heterocycles. The topological polar surface area (TPSA) is 87.9 Å². The van der Waals surface area contributed by atoms with E-state index in [4.69, 9.17) is 19.9 Å². The van der Waals surface area contributed by atoms with Gasteiger partial charge in [0.1, 0.15) is 11.6 Å². The molecule has 0 aromatic heterocycles. The first kappa shape index (κ1) is 15.9. The molecule has 1 aromatic carbocycles. The second-order valence-electron chi connectivity index (χ2n) is 3.85. The van der Waals surface area contributed by atoms with Crippen LogP contribution in [0, 0.1) is 5.82 Å². The van der Waals surface area contributed by atoms with E-state index in [0.29, 0.717) is 0 Å². The van der Waals surface area contributed by atoms with E-state index in [1.54, 1.807) is 6.92 Å². The van der Waals surface area contributed by atoms with Crippen LogP contribution in [0.25, 0.3) is 0 Å². The van der Waals surface area contributed by atoms with Crippen molar-refractivity contribution in [2.45, 2.75) is 19.6 Å². The summed E-state index contributed by atoms with van der Waals surface area (Å²) < 4.78 is 29.0. The molecular formula is C13H16FNO5. The first-order valence-electron chi connectivity index (χ1n) is 5.84. The summed E-state index contributed by atoms with van der Waals surface area (Å²) in [5.41, 5.74) is 4.95. The van der Waals surface area contributed by atoms with E-state index in [1.165, 1.54) is 19.2 Å². The van der Waals surface area contributed by atoms with Gasteiger partial charge >= 0.3 is 11.8 Å². The standard InChI is InChI=1S/C13H16FNO5/c1-4-19-13(12(15)17,20-8(2)16)10-6-5-9(18-3)7-11(10)14/h5-7H,4H2,1-3H3,(H2,15,17). The van der Waals surface area contributed by atoms with Gasteiger partial charge in [0.15, 0.2) is 0 Å². The first-order chi connectivity index (χ1) is 9.37. The van der Waals surface area contributed by atoms with Gasteiger partial charge in [0, 0.05) is 19.6 Å². The van der Waals surface area contributed by atoms with Crippen LogP contribution in [0.2, 0.25) is 0 Å². The number of esters is 1. The molecule has 6 nitrogen and oxygen atoms in total. The normalized spacial score (nSPS) is 13.4. The second kappa shape index (κ2) is 6.33. The molecule has 7 heteroatoms. The third-order valence-electron chi connectivity index (χ3n) is 2.49. The van der Waals surface area contributed by atoms with E-state index in [2.05, 4.69) is 0 Å². The smallest absolute Gasteiger partial charge is 0.323 e. The molecule has 1 unspecified atom stereocenters. The molecule has 20 heavy (non-hydrogen) atoms. The maximum absolute atomic E-state index is 14.1. The zero-order chi connectivity index (χ0) is 15.3. The van der Waals surface area contributed by atoms with Crippen LogP contribution in [0.3, 0.4) is 0 Å². The quantitative estimate of drug-likeness (QED) is 0.624. The van der Waals surface area contributed by atoms with E-state index in [0.717, 1.165) is 13.0 Å². The van der Waals surface area contributed by atoms with Gasteiger partial charge in [-0.25, -0.2) is 4.39 Å². The van der Waals surface area contributed by atoms with Gasteiger partial charge in [-0.2, -0.15) is 0 Å². The molecule has 110 valence electrons. The number of rotatable bonds is 6. The SMILES string of the molecule is CCOC(OC(C)=O)(C(N)=O)c1ccc(OC)cc1F. The van der Waals surface area contributed by atoms with E-state index >= 15 is 0 Å². The lowest BCUT2D eigenvalue weighted by Gasteiger charge is -2.29. The van der Waals surface area contributed by atoms with Gasteiger partial charge in [-0.15, -0.1) is 0 Å². The summed E-state index contributed by atoms with van der Waals surface area (Å²) in [6.45, 7) is 2.61. The summed E-state index contributed by atoms with van der Waals surface area (Å²) >= 11 is 0. The molecule has 0 saturated carbocycles. The first-order valence-corrected chi connectivity index (χ1v) is 5.84. The highest BCUT2D eigenvalue weighted by atomic mass is 19.1. The van der Waals surface area contributed by atoms with Gasteiger partial charge in [0.05, 0.1) is 12.7 Å². The average Bonchev–Trinajstić information content (AvgIpc) is 2.37. The zero-order valence-electron chi connectivity index (χ0n) is 11.4. The van der Waals surface area contributed by atoms with Crippen molar-refractivity contribution in [1.29, 1.82) is 0 Å². The third kappa shape index (κ3) is 3.05. The molecule has 0 aliphatic heterocycles. The molecule has 0 bridgehead atoms. The minimum absolute atomic E-state index is 0.0122. The van der Waals surface area contributed by atoms with Crippen LogP contribution in [0.15, 0.2) is 18.2 Å². The van der Waals surface area contributed by atoms with Gasteiger partial charge in [0.25, 0.3) is 5.91 Å². The van der Waals surface area contributed by atoms with Gasteiger partial charge in [-0.3, -0.25) is 9.59 Å². The Bertz CT molecular complexity index is 519. The molecule has 0 aliphatic carbocycles. The number of carbonyl (C=O) groups excluding carboxylic acids is 2. The predicted octanol–water partition coefficient (Wildman–Crippen LogP) is 1.07. The minimum Gasteiger partial charge on any atom is -0.497 e. The van der Waals surface area contributed by atoms with Crippen molar-refractivity contribution >= 4 is 11.9 Å². The predicted molar refractivity (Wildman–Crippen MR) is 67.2 cm³/mol. The lowest BCUT2D eigenvalue weighted by molar-refractivity contribution is -0.230. The maximum atomic E-state index is 14.1. The van der Waals surface area contributed by atoms with Crippen molar-refractivity contribution in [1.82, 2.24) is 0 Å². The van der Waals surface area contributed by atoms with Crippen molar-refractivity contribution < 1.29 is 28.2 Å². The Morgan fingerprint density at radius 1 is 1.40 bits per heavy atom. The lowest BCUT2D eigenvalue weighted by atomic mass is 10.0. The van der Waals surface area contributed by atoms with Crippen LogP contribution in [-0.4, -0.2) is 25.6 Å². The van der Waals surface area contributed by atoms with Crippen LogP contribution >= 0.6 is 0 Å². The molecule has 0 spiro atoms. The van der Waals surface area contributed by atoms with Crippen LogP contribution in [0.4, 0.5) is 4.39 Å². The number of ether oxygens (including phenoxy) is 3. The highest BCUT2D eigenvalue weighted by Gasteiger charge is 2.45. The molecule has 0 aliphatic rings. The van der Waals surface area contributed by atoms with Crippen LogP contribution < -0.4 is 10.5 Å².